The molecule has 0 bridgehead atoms. The molecular weight excluding hydrogens is 270 g/mol. The molecule has 3 N–H and O–H groups in total. The second kappa shape index (κ2) is 10.4. The molecule has 0 spiro atoms. The summed E-state index contributed by atoms with van der Waals surface area (Å²) in [5, 5.41) is 14.4. The average Bonchev–Trinajstić information content (AvgIpc) is 2.38. The second-order valence-corrected chi connectivity index (χ2v) is 5.89. The van der Waals surface area contributed by atoms with Crippen LogP contribution in [0.2, 0.25) is 0 Å². The van der Waals surface area contributed by atoms with Gasteiger partial charge in [-0.05, 0) is 34.1 Å². The number of carboxylic acids is 1. The highest BCUT2D eigenvalue weighted by Crippen LogP contribution is 2.05. The SMILES string of the molecule is CCCC(CNC(=O)NCCN(C(C)C)C(C)C)C(=O)O. The van der Waals surface area contributed by atoms with Crippen molar-refractivity contribution in [2.45, 2.75) is 59.5 Å². The van der Waals surface area contributed by atoms with E-state index in [0.29, 0.717) is 25.0 Å². The third kappa shape index (κ3) is 8.55. The van der Waals surface area contributed by atoms with Crippen LogP contribution in [-0.2, 0) is 4.79 Å². The van der Waals surface area contributed by atoms with Crippen LogP contribution in [0.1, 0.15) is 47.5 Å². The third-order valence-corrected chi connectivity index (χ3v) is 3.48. The minimum absolute atomic E-state index is 0.174. The highest BCUT2D eigenvalue weighted by Gasteiger charge is 2.17. The molecule has 0 radical (unpaired) electrons. The van der Waals surface area contributed by atoms with Gasteiger partial charge in [0.05, 0.1) is 5.92 Å². The number of urea groups is 1. The van der Waals surface area contributed by atoms with Crippen LogP contribution in [0.5, 0.6) is 0 Å². The molecule has 0 aromatic rings. The molecule has 0 aromatic carbocycles. The van der Waals surface area contributed by atoms with E-state index in [0.717, 1.165) is 13.0 Å². The maximum Gasteiger partial charge on any atom is 0.314 e. The molecule has 6 nitrogen and oxygen atoms in total. The zero-order valence-corrected chi connectivity index (χ0v) is 14.0. The molecule has 0 aliphatic carbocycles. The summed E-state index contributed by atoms with van der Waals surface area (Å²) < 4.78 is 0. The lowest BCUT2D eigenvalue weighted by Crippen LogP contribution is -2.45. The smallest absolute Gasteiger partial charge is 0.314 e. The molecule has 0 aliphatic rings. The first-order chi connectivity index (χ1) is 9.79. The Labute approximate surface area is 128 Å². The van der Waals surface area contributed by atoms with Gasteiger partial charge in [-0.2, -0.15) is 0 Å². The number of nitrogens with zero attached hydrogens (tertiary/aromatic N) is 1. The lowest BCUT2D eigenvalue weighted by Gasteiger charge is -2.30. The molecular formula is C15H31N3O3. The van der Waals surface area contributed by atoms with Crippen molar-refractivity contribution < 1.29 is 14.7 Å². The van der Waals surface area contributed by atoms with Gasteiger partial charge < -0.3 is 15.7 Å². The Hall–Kier alpha value is -1.30. The van der Waals surface area contributed by atoms with Crippen molar-refractivity contribution in [3.8, 4) is 0 Å². The topological polar surface area (TPSA) is 81.7 Å². The molecule has 0 aliphatic heterocycles. The summed E-state index contributed by atoms with van der Waals surface area (Å²) in [6.45, 7) is 11.9. The van der Waals surface area contributed by atoms with Crippen molar-refractivity contribution in [3.05, 3.63) is 0 Å². The molecule has 6 heteroatoms. The summed E-state index contributed by atoms with van der Waals surface area (Å²) in [7, 11) is 0. The molecule has 0 fully saturated rings. The average molecular weight is 301 g/mol. The first kappa shape index (κ1) is 19.7. The molecule has 124 valence electrons. The summed E-state index contributed by atoms with van der Waals surface area (Å²) in [6.07, 6.45) is 1.36. The van der Waals surface area contributed by atoms with Crippen molar-refractivity contribution >= 4 is 12.0 Å². The molecule has 0 heterocycles. The number of carbonyl (C=O) groups is 2. The Morgan fingerprint density at radius 2 is 1.67 bits per heavy atom. The Balaban J connectivity index is 4.02. The number of nitrogens with one attached hydrogen (secondary N) is 2. The monoisotopic (exact) mass is 301 g/mol. The summed E-state index contributed by atoms with van der Waals surface area (Å²) in [5.74, 6) is -1.37. The summed E-state index contributed by atoms with van der Waals surface area (Å²) in [5.41, 5.74) is 0. The fraction of sp³-hybridized carbons (Fsp3) is 0.867. The first-order valence-corrected chi connectivity index (χ1v) is 7.79. The van der Waals surface area contributed by atoms with E-state index in [4.69, 9.17) is 5.11 Å². The van der Waals surface area contributed by atoms with Crippen LogP contribution in [0.4, 0.5) is 4.79 Å². The highest BCUT2D eigenvalue weighted by atomic mass is 16.4. The van der Waals surface area contributed by atoms with Gasteiger partial charge in [-0.15, -0.1) is 0 Å². The van der Waals surface area contributed by atoms with Gasteiger partial charge >= 0.3 is 12.0 Å². The molecule has 1 atom stereocenters. The predicted molar refractivity (Wildman–Crippen MR) is 84.4 cm³/mol. The Morgan fingerprint density at radius 1 is 1.10 bits per heavy atom. The van der Waals surface area contributed by atoms with Crippen molar-refractivity contribution in [2.24, 2.45) is 5.92 Å². The van der Waals surface area contributed by atoms with E-state index in [9.17, 15) is 9.59 Å². The predicted octanol–water partition coefficient (Wildman–Crippen LogP) is 1.91. The Kier molecular flexibility index (Phi) is 9.78. The van der Waals surface area contributed by atoms with Gasteiger partial charge in [0.2, 0.25) is 0 Å². The van der Waals surface area contributed by atoms with Crippen LogP contribution in [0.15, 0.2) is 0 Å². The maximum absolute atomic E-state index is 11.7. The molecule has 21 heavy (non-hydrogen) atoms. The van der Waals surface area contributed by atoms with E-state index in [1.165, 1.54) is 0 Å². The van der Waals surface area contributed by atoms with Gasteiger partial charge in [0.15, 0.2) is 0 Å². The van der Waals surface area contributed by atoms with Crippen molar-refractivity contribution in [1.29, 1.82) is 0 Å². The van der Waals surface area contributed by atoms with Gasteiger partial charge in [-0.1, -0.05) is 13.3 Å². The van der Waals surface area contributed by atoms with Crippen molar-refractivity contribution in [1.82, 2.24) is 15.5 Å². The molecule has 2 amide bonds. The number of hydrogen-bond acceptors (Lipinski definition) is 3. The number of amides is 2. The van der Waals surface area contributed by atoms with Gasteiger partial charge in [0.25, 0.3) is 0 Å². The van der Waals surface area contributed by atoms with Crippen molar-refractivity contribution in [2.75, 3.05) is 19.6 Å². The van der Waals surface area contributed by atoms with Crippen LogP contribution >= 0.6 is 0 Å². The van der Waals surface area contributed by atoms with Gasteiger partial charge in [0, 0.05) is 31.7 Å². The summed E-state index contributed by atoms with van der Waals surface area (Å²) >= 11 is 0. The highest BCUT2D eigenvalue weighted by molar-refractivity contribution is 5.75. The molecule has 0 saturated carbocycles. The van der Waals surface area contributed by atoms with E-state index in [2.05, 4.69) is 43.2 Å². The van der Waals surface area contributed by atoms with Crippen LogP contribution in [-0.4, -0.2) is 53.7 Å². The zero-order chi connectivity index (χ0) is 16.4. The zero-order valence-electron chi connectivity index (χ0n) is 14.0. The first-order valence-electron chi connectivity index (χ1n) is 7.79. The van der Waals surface area contributed by atoms with Crippen LogP contribution in [0, 0.1) is 5.92 Å². The van der Waals surface area contributed by atoms with E-state index < -0.39 is 11.9 Å². The van der Waals surface area contributed by atoms with Gasteiger partial charge in [-0.3, -0.25) is 9.69 Å². The normalized spacial score (nSPS) is 12.8. The van der Waals surface area contributed by atoms with E-state index >= 15 is 0 Å². The van der Waals surface area contributed by atoms with Gasteiger partial charge in [0.1, 0.15) is 0 Å². The van der Waals surface area contributed by atoms with E-state index in [1.807, 2.05) is 6.92 Å². The molecule has 0 aromatic heterocycles. The maximum atomic E-state index is 11.7. The van der Waals surface area contributed by atoms with Crippen LogP contribution < -0.4 is 10.6 Å². The Morgan fingerprint density at radius 3 is 2.10 bits per heavy atom. The molecule has 0 rings (SSSR count). The minimum atomic E-state index is -0.858. The Bertz CT molecular complexity index is 311. The third-order valence-electron chi connectivity index (χ3n) is 3.48. The van der Waals surface area contributed by atoms with Crippen LogP contribution in [0.3, 0.4) is 0 Å². The molecule has 1 unspecified atom stereocenters. The number of carboxylic acid groups (broad SMARTS) is 1. The lowest BCUT2D eigenvalue weighted by molar-refractivity contribution is -0.141. The van der Waals surface area contributed by atoms with Crippen LogP contribution in [0.25, 0.3) is 0 Å². The fourth-order valence-electron chi connectivity index (χ4n) is 2.35. The summed E-state index contributed by atoms with van der Waals surface area (Å²) in [4.78, 5) is 24.9. The van der Waals surface area contributed by atoms with E-state index in [-0.39, 0.29) is 12.6 Å². The largest absolute Gasteiger partial charge is 0.481 e. The quantitative estimate of drug-likeness (QED) is 0.575. The number of aliphatic carboxylic acids is 1. The fourth-order valence-corrected chi connectivity index (χ4v) is 2.35. The molecule has 0 saturated heterocycles. The lowest BCUT2D eigenvalue weighted by atomic mass is 10.0. The second-order valence-electron chi connectivity index (χ2n) is 5.89. The summed E-state index contributed by atoms with van der Waals surface area (Å²) in [6, 6.07) is 0.552. The van der Waals surface area contributed by atoms with E-state index in [1.54, 1.807) is 0 Å². The number of hydrogen-bond donors (Lipinski definition) is 3. The van der Waals surface area contributed by atoms with Gasteiger partial charge in [-0.25, -0.2) is 4.79 Å². The standard InChI is InChI=1S/C15H31N3O3/c1-6-7-13(14(19)20)10-17-15(21)16-8-9-18(11(2)3)12(4)5/h11-13H,6-10H2,1-5H3,(H,19,20)(H2,16,17,21). The van der Waals surface area contributed by atoms with Crippen molar-refractivity contribution in [3.63, 3.8) is 0 Å². The number of carbonyl (C=O) groups excluding carboxylic acids is 1. The number of rotatable bonds is 10. The minimum Gasteiger partial charge on any atom is -0.481 e.